The Bertz CT molecular complexity index is 672. The lowest BCUT2D eigenvalue weighted by atomic mass is 9.99. The third kappa shape index (κ3) is 3.71. The number of nitrogens with one attached hydrogen (secondary N) is 1. The van der Waals surface area contributed by atoms with Crippen LogP contribution in [0.3, 0.4) is 0 Å². The fraction of sp³-hybridized carbons (Fsp3) is 0.412. The molecule has 0 spiro atoms. The van der Waals surface area contributed by atoms with Gasteiger partial charge in [0, 0.05) is 25.3 Å². The number of piperidine rings is 1. The van der Waals surface area contributed by atoms with Crippen LogP contribution in [0.1, 0.15) is 18.5 Å². The number of urea groups is 1. The van der Waals surface area contributed by atoms with E-state index in [-0.39, 0.29) is 18.6 Å². The molecule has 2 amide bonds. The highest BCUT2D eigenvalue weighted by Crippen LogP contribution is 2.32. The summed E-state index contributed by atoms with van der Waals surface area (Å²) >= 11 is 1.49. The number of thiazole rings is 1. The molecule has 0 saturated carbocycles. The molecule has 1 aromatic carbocycles. The Kier molecular flexibility index (Phi) is 4.93. The van der Waals surface area contributed by atoms with Crippen LogP contribution in [0.25, 0.3) is 10.6 Å². The number of aromatic nitrogens is 1. The fourth-order valence-corrected chi connectivity index (χ4v) is 3.75. The van der Waals surface area contributed by atoms with E-state index in [0.717, 1.165) is 40.7 Å². The van der Waals surface area contributed by atoms with Crippen LogP contribution in [0.4, 0.5) is 9.80 Å². The van der Waals surface area contributed by atoms with Gasteiger partial charge in [0.2, 0.25) is 0 Å². The highest BCUT2D eigenvalue weighted by Gasteiger charge is 2.24. The summed E-state index contributed by atoms with van der Waals surface area (Å²) in [7, 11) is 0. The minimum Gasteiger partial charge on any atom is -0.396 e. The first-order valence-electron chi connectivity index (χ1n) is 7.87. The molecule has 1 aromatic heterocycles. The molecule has 2 N–H and O–H groups in total. The number of amides is 2. The zero-order valence-corrected chi connectivity index (χ0v) is 14.0. The van der Waals surface area contributed by atoms with E-state index in [4.69, 9.17) is 0 Å². The maximum Gasteiger partial charge on any atom is 0.322 e. The smallest absolute Gasteiger partial charge is 0.322 e. The number of anilines is 1. The lowest BCUT2D eigenvalue weighted by Crippen LogP contribution is -2.43. The van der Waals surface area contributed by atoms with E-state index in [0.29, 0.717) is 6.54 Å². The van der Waals surface area contributed by atoms with Gasteiger partial charge in [0.05, 0.1) is 5.69 Å². The van der Waals surface area contributed by atoms with Crippen LogP contribution in [0, 0.1) is 12.8 Å². The summed E-state index contributed by atoms with van der Waals surface area (Å²) in [5, 5.41) is 14.0. The molecule has 0 radical (unpaired) electrons. The van der Waals surface area contributed by atoms with Crippen molar-refractivity contribution in [2.45, 2.75) is 19.8 Å². The van der Waals surface area contributed by atoms with Crippen molar-refractivity contribution >= 4 is 22.4 Å². The average Bonchev–Trinajstić information content (AvgIpc) is 2.96. The van der Waals surface area contributed by atoms with E-state index in [9.17, 15) is 9.90 Å². The zero-order chi connectivity index (χ0) is 16.2. The number of aryl methyl sites for hydroxylation is 1. The third-order valence-electron chi connectivity index (χ3n) is 4.10. The largest absolute Gasteiger partial charge is 0.396 e. The van der Waals surface area contributed by atoms with Gasteiger partial charge in [0.25, 0.3) is 0 Å². The van der Waals surface area contributed by atoms with Crippen LogP contribution in [-0.2, 0) is 0 Å². The number of hydrogen-bond acceptors (Lipinski definition) is 4. The van der Waals surface area contributed by atoms with Gasteiger partial charge < -0.3 is 10.0 Å². The van der Waals surface area contributed by atoms with E-state index < -0.39 is 0 Å². The molecule has 23 heavy (non-hydrogen) atoms. The second kappa shape index (κ2) is 7.10. The Morgan fingerprint density at radius 3 is 2.96 bits per heavy atom. The molecule has 5 nitrogen and oxygen atoms in total. The van der Waals surface area contributed by atoms with Crippen molar-refractivity contribution in [3.63, 3.8) is 0 Å². The molecule has 2 heterocycles. The number of likely N-dealkylation sites (tertiary alicyclic amines) is 1. The van der Waals surface area contributed by atoms with E-state index in [2.05, 4.69) is 10.3 Å². The number of benzene rings is 1. The molecule has 1 aliphatic heterocycles. The number of aliphatic hydroxyl groups is 1. The van der Waals surface area contributed by atoms with Crippen molar-refractivity contribution in [1.82, 2.24) is 9.88 Å². The van der Waals surface area contributed by atoms with Gasteiger partial charge in [-0.2, -0.15) is 0 Å². The number of nitrogens with zero attached hydrogens (tertiary/aromatic N) is 2. The van der Waals surface area contributed by atoms with Crippen molar-refractivity contribution < 1.29 is 9.90 Å². The maximum atomic E-state index is 12.4. The maximum absolute atomic E-state index is 12.4. The van der Waals surface area contributed by atoms with Crippen LogP contribution in [0.15, 0.2) is 30.3 Å². The molecule has 122 valence electrons. The first-order valence-corrected chi connectivity index (χ1v) is 8.68. The molecule has 2 aromatic rings. The molecule has 0 bridgehead atoms. The monoisotopic (exact) mass is 331 g/mol. The topological polar surface area (TPSA) is 65.5 Å². The van der Waals surface area contributed by atoms with Crippen molar-refractivity contribution in [3.05, 3.63) is 36.0 Å². The van der Waals surface area contributed by atoms with Gasteiger partial charge in [-0.25, -0.2) is 9.78 Å². The SMILES string of the molecule is Cc1nc(-c2ccccc2)sc1NC(=O)N1CCCC(CO)C1. The Morgan fingerprint density at radius 2 is 2.22 bits per heavy atom. The van der Waals surface area contributed by atoms with E-state index in [1.807, 2.05) is 37.3 Å². The predicted molar refractivity (Wildman–Crippen MR) is 92.7 cm³/mol. The summed E-state index contributed by atoms with van der Waals surface area (Å²) in [5.41, 5.74) is 1.89. The minimum atomic E-state index is -0.102. The Balaban J connectivity index is 1.70. The number of hydrogen-bond donors (Lipinski definition) is 2. The molecular weight excluding hydrogens is 310 g/mol. The van der Waals surface area contributed by atoms with E-state index in [1.54, 1.807) is 4.90 Å². The molecule has 3 rings (SSSR count). The highest BCUT2D eigenvalue weighted by molar-refractivity contribution is 7.19. The molecule has 6 heteroatoms. The van der Waals surface area contributed by atoms with Gasteiger partial charge in [-0.1, -0.05) is 41.7 Å². The van der Waals surface area contributed by atoms with Crippen molar-refractivity contribution in [2.75, 3.05) is 25.0 Å². The molecular formula is C17H21N3O2S. The second-order valence-electron chi connectivity index (χ2n) is 5.87. The average molecular weight is 331 g/mol. The first kappa shape index (κ1) is 16.0. The van der Waals surface area contributed by atoms with Crippen LogP contribution < -0.4 is 5.32 Å². The summed E-state index contributed by atoms with van der Waals surface area (Å²) < 4.78 is 0. The van der Waals surface area contributed by atoms with Crippen molar-refractivity contribution in [1.29, 1.82) is 0 Å². The van der Waals surface area contributed by atoms with Gasteiger partial charge in [0.1, 0.15) is 10.0 Å². The quantitative estimate of drug-likeness (QED) is 0.906. The molecule has 1 fully saturated rings. The Labute approximate surface area is 140 Å². The van der Waals surface area contributed by atoms with Crippen molar-refractivity contribution in [2.24, 2.45) is 5.92 Å². The van der Waals surface area contributed by atoms with Crippen LogP contribution in [-0.4, -0.2) is 40.7 Å². The number of aliphatic hydroxyl groups excluding tert-OH is 1. The van der Waals surface area contributed by atoms with Gasteiger partial charge in [-0.3, -0.25) is 5.32 Å². The standard InChI is InChI=1S/C17H21N3O2S/c1-12-15(23-16(18-12)14-7-3-2-4-8-14)19-17(22)20-9-5-6-13(10-20)11-21/h2-4,7-8,13,21H,5-6,9-11H2,1H3,(H,19,22). The molecule has 0 aliphatic carbocycles. The summed E-state index contributed by atoms with van der Waals surface area (Å²) in [6.45, 7) is 3.41. The zero-order valence-electron chi connectivity index (χ0n) is 13.2. The molecule has 1 aliphatic rings. The van der Waals surface area contributed by atoms with Crippen LogP contribution in [0.5, 0.6) is 0 Å². The van der Waals surface area contributed by atoms with Gasteiger partial charge >= 0.3 is 6.03 Å². The number of carbonyl (C=O) groups is 1. The molecule has 1 saturated heterocycles. The lowest BCUT2D eigenvalue weighted by Gasteiger charge is -2.31. The Hall–Kier alpha value is -1.92. The normalized spacial score (nSPS) is 18.0. The van der Waals surface area contributed by atoms with Crippen LogP contribution >= 0.6 is 11.3 Å². The summed E-state index contributed by atoms with van der Waals surface area (Å²) in [6, 6.07) is 9.86. The predicted octanol–water partition coefficient (Wildman–Crippen LogP) is 3.35. The fourth-order valence-electron chi connectivity index (χ4n) is 2.79. The third-order valence-corrected chi connectivity index (χ3v) is 5.22. The highest BCUT2D eigenvalue weighted by atomic mass is 32.1. The number of rotatable bonds is 3. The van der Waals surface area contributed by atoms with E-state index in [1.165, 1.54) is 11.3 Å². The first-order chi connectivity index (χ1) is 11.2. The summed E-state index contributed by atoms with van der Waals surface area (Å²) in [4.78, 5) is 18.8. The second-order valence-corrected chi connectivity index (χ2v) is 6.87. The van der Waals surface area contributed by atoms with Crippen molar-refractivity contribution in [3.8, 4) is 10.6 Å². The minimum absolute atomic E-state index is 0.102. The van der Waals surface area contributed by atoms with Gasteiger partial charge in [-0.15, -0.1) is 0 Å². The van der Waals surface area contributed by atoms with E-state index >= 15 is 0 Å². The van der Waals surface area contributed by atoms with Gasteiger partial charge in [0.15, 0.2) is 0 Å². The summed E-state index contributed by atoms with van der Waals surface area (Å²) in [6.07, 6.45) is 1.92. The molecule has 1 unspecified atom stereocenters. The van der Waals surface area contributed by atoms with Gasteiger partial charge in [-0.05, 0) is 25.7 Å². The molecule has 1 atom stereocenters. The number of carbonyl (C=O) groups excluding carboxylic acids is 1. The summed E-state index contributed by atoms with van der Waals surface area (Å²) in [5.74, 6) is 0.192. The Morgan fingerprint density at radius 1 is 1.43 bits per heavy atom. The lowest BCUT2D eigenvalue weighted by molar-refractivity contribution is 0.136. The van der Waals surface area contributed by atoms with Crippen LogP contribution in [0.2, 0.25) is 0 Å².